The van der Waals surface area contributed by atoms with Crippen LogP contribution in [0.3, 0.4) is 0 Å². The fraction of sp³-hybridized carbons (Fsp3) is 0.333. The Balaban J connectivity index is 1.99. The third-order valence-corrected chi connectivity index (χ3v) is 3.51. The maximum atomic E-state index is 4.33. The van der Waals surface area contributed by atoms with E-state index in [2.05, 4.69) is 22.2 Å². The summed E-state index contributed by atoms with van der Waals surface area (Å²) in [6, 6.07) is 3.99. The summed E-state index contributed by atoms with van der Waals surface area (Å²) in [5.41, 5.74) is 2.12. The van der Waals surface area contributed by atoms with Crippen LogP contribution in [-0.4, -0.2) is 9.97 Å². The summed E-state index contributed by atoms with van der Waals surface area (Å²) in [4.78, 5) is 9.83. The molecule has 0 unspecified atom stereocenters. The minimum Gasteiger partial charge on any atom is -0.379 e. The van der Waals surface area contributed by atoms with Gasteiger partial charge in [-0.1, -0.05) is 6.92 Å². The van der Waals surface area contributed by atoms with Gasteiger partial charge in [0, 0.05) is 17.3 Å². The van der Waals surface area contributed by atoms with Gasteiger partial charge in [-0.25, -0.2) is 4.98 Å². The van der Waals surface area contributed by atoms with Crippen molar-refractivity contribution in [2.45, 2.75) is 26.8 Å². The average molecular weight is 233 g/mol. The van der Waals surface area contributed by atoms with Crippen molar-refractivity contribution in [2.24, 2.45) is 0 Å². The van der Waals surface area contributed by atoms with E-state index >= 15 is 0 Å². The Bertz CT molecular complexity index is 465. The molecule has 0 aliphatic carbocycles. The number of aromatic nitrogens is 2. The Hall–Kier alpha value is -1.42. The van der Waals surface area contributed by atoms with E-state index in [1.54, 1.807) is 11.3 Å². The molecule has 2 aromatic rings. The number of pyridine rings is 1. The van der Waals surface area contributed by atoms with Gasteiger partial charge in [0.2, 0.25) is 0 Å². The Labute approximate surface area is 99.6 Å². The number of thiazole rings is 1. The molecule has 0 aromatic carbocycles. The number of hydrogen-bond donors (Lipinski definition) is 1. The second kappa shape index (κ2) is 5.07. The normalized spacial score (nSPS) is 10.4. The first-order chi connectivity index (χ1) is 7.79. The van der Waals surface area contributed by atoms with Crippen LogP contribution >= 0.6 is 11.3 Å². The quantitative estimate of drug-likeness (QED) is 0.882. The SMILES string of the molecule is CCc1ncc(CNc2cccnc2C)s1. The molecule has 16 heavy (non-hydrogen) atoms. The zero-order valence-corrected chi connectivity index (χ0v) is 10.3. The lowest BCUT2D eigenvalue weighted by molar-refractivity contribution is 1.08. The van der Waals surface area contributed by atoms with Gasteiger partial charge in [-0.3, -0.25) is 4.98 Å². The summed E-state index contributed by atoms with van der Waals surface area (Å²) >= 11 is 1.76. The summed E-state index contributed by atoms with van der Waals surface area (Å²) in [6.07, 6.45) is 4.77. The smallest absolute Gasteiger partial charge is 0.0925 e. The molecule has 0 fully saturated rings. The van der Waals surface area contributed by atoms with Crippen molar-refractivity contribution in [3.63, 3.8) is 0 Å². The molecule has 0 aliphatic heterocycles. The van der Waals surface area contributed by atoms with E-state index in [1.165, 1.54) is 9.88 Å². The molecule has 0 radical (unpaired) electrons. The molecule has 0 spiro atoms. The zero-order chi connectivity index (χ0) is 11.4. The molecule has 0 bridgehead atoms. The van der Waals surface area contributed by atoms with Crippen LogP contribution in [0.15, 0.2) is 24.5 Å². The van der Waals surface area contributed by atoms with E-state index in [4.69, 9.17) is 0 Å². The van der Waals surface area contributed by atoms with Gasteiger partial charge in [0.15, 0.2) is 0 Å². The molecule has 1 N–H and O–H groups in total. The number of hydrogen-bond acceptors (Lipinski definition) is 4. The highest BCUT2D eigenvalue weighted by Gasteiger charge is 2.01. The first kappa shape index (κ1) is 11.1. The molecule has 84 valence electrons. The van der Waals surface area contributed by atoms with Crippen molar-refractivity contribution in [1.29, 1.82) is 0 Å². The van der Waals surface area contributed by atoms with Crippen molar-refractivity contribution in [3.8, 4) is 0 Å². The molecular weight excluding hydrogens is 218 g/mol. The lowest BCUT2D eigenvalue weighted by atomic mass is 10.3. The number of aryl methyl sites for hydroxylation is 2. The average Bonchev–Trinajstić information content (AvgIpc) is 2.76. The number of nitrogens with zero attached hydrogens (tertiary/aromatic N) is 2. The number of anilines is 1. The monoisotopic (exact) mass is 233 g/mol. The molecule has 4 heteroatoms. The summed E-state index contributed by atoms with van der Waals surface area (Å²) in [5.74, 6) is 0. The third-order valence-electron chi connectivity index (χ3n) is 2.36. The molecule has 0 saturated carbocycles. The van der Waals surface area contributed by atoms with Crippen molar-refractivity contribution in [3.05, 3.63) is 40.1 Å². The number of rotatable bonds is 4. The predicted molar refractivity (Wildman–Crippen MR) is 67.8 cm³/mol. The fourth-order valence-corrected chi connectivity index (χ4v) is 2.25. The minimum absolute atomic E-state index is 0.824. The van der Waals surface area contributed by atoms with Crippen LogP contribution in [-0.2, 0) is 13.0 Å². The second-order valence-corrected chi connectivity index (χ2v) is 4.76. The first-order valence-corrected chi connectivity index (χ1v) is 6.20. The Kier molecular flexibility index (Phi) is 3.51. The van der Waals surface area contributed by atoms with Gasteiger partial charge in [-0.05, 0) is 25.5 Å². The van der Waals surface area contributed by atoms with E-state index in [0.717, 1.165) is 24.3 Å². The lowest BCUT2D eigenvalue weighted by Crippen LogP contribution is -2.00. The minimum atomic E-state index is 0.824. The summed E-state index contributed by atoms with van der Waals surface area (Å²) in [7, 11) is 0. The van der Waals surface area contributed by atoms with Crippen LogP contribution in [0.2, 0.25) is 0 Å². The molecular formula is C12H15N3S. The van der Waals surface area contributed by atoms with Gasteiger partial charge in [-0.2, -0.15) is 0 Å². The van der Waals surface area contributed by atoms with Gasteiger partial charge in [0.05, 0.1) is 22.9 Å². The second-order valence-electron chi connectivity index (χ2n) is 3.56. The topological polar surface area (TPSA) is 37.8 Å². The van der Waals surface area contributed by atoms with Crippen molar-refractivity contribution in [1.82, 2.24) is 9.97 Å². The Morgan fingerprint density at radius 2 is 2.25 bits per heavy atom. The summed E-state index contributed by atoms with van der Waals surface area (Å²) < 4.78 is 0. The van der Waals surface area contributed by atoms with Crippen LogP contribution in [0.1, 0.15) is 22.5 Å². The molecule has 2 heterocycles. The molecule has 0 atom stereocenters. The highest BCUT2D eigenvalue weighted by molar-refractivity contribution is 7.11. The van der Waals surface area contributed by atoms with Gasteiger partial charge in [-0.15, -0.1) is 11.3 Å². The van der Waals surface area contributed by atoms with E-state index in [1.807, 2.05) is 31.5 Å². The molecule has 0 amide bonds. The zero-order valence-electron chi connectivity index (χ0n) is 9.53. The van der Waals surface area contributed by atoms with Crippen molar-refractivity contribution in [2.75, 3.05) is 5.32 Å². The Morgan fingerprint density at radius 3 is 2.94 bits per heavy atom. The van der Waals surface area contributed by atoms with E-state index in [0.29, 0.717) is 0 Å². The number of nitrogens with one attached hydrogen (secondary N) is 1. The summed E-state index contributed by atoms with van der Waals surface area (Å²) in [6.45, 7) is 4.96. The van der Waals surface area contributed by atoms with Gasteiger partial charge in [0.1, 0.15) is 0 Å². The molecule has 2 aromatic heterocycles. The van der Waals surface area contributed by atoms with E-state index in [9.17, 15) is 0 Å². The molecule has 0 aliphatic rings. The standard InChI is InChI=1S/C12H15N3S/c1-3-12-15-8-10(16-12)7-14-11-5-4-6-13-9(11)2/h4-6,8,14H,3,7H2,1-2H3. The highest BCUT2D eigenvalue weighted by atomic mass is 32.1. The van der Waals surface area contributed by atoms with Crippen LogP contribution < -0.4 is 5.32 Å². The van der Waals surface area contributed by atoms with Crippen molar-refractivity contribution >= 4 is 17.0 Å². The highest BCUT2D eigenvalue weighted by Crippen LogP contribution is 2.16. The molecule has 0 saturated heterocycles. The van der Waals surface area contributed by atoms with E-state index < -0.39 is 0 Å². The van der Waals surface area contributed by atoms with Gasteiger partial charge < -0.3 is 5.32 Å². The van der Waals surface area contributed by atoms with E-state index in [-0.39, 0.29) is 0 Å². The third kappa shape index (κ3) is 2.58. The summed E-state index contributed by atoms with van der Waals surface area (Å²) in [5, 5.41) is 4.57. The first-order valence-electron chi connectivity index (χ1n) is 5.38. The van der Waals surface area contributed by atoms with Crippen LogP contribution in [0.4, 0.5) is 5.69 Å². The van der Waals surface area contributed by atoms with Gasteiger partial charge >= 0.3 is 0 Å². The fourth-order valence-electron chi connectivity index (χ4n) is 1.45. The van der Waals surface area contributed by atoms with Crippen LogP contribution in [0.5, 0.6) is 0 Å². The Morgan fingerprint density at radius 1 is 1.38 bits per heavy atom. The molecule has 2 rings (SSSR count). The lowest BCUT2D eigenvalue weighted by Gasteiger charge is -2.06. The van der Waals surface area contributed by atoms with Crippen LogP contribution in [0, 0.1) is 6.92 Å². The molecule has 3 nitrogen and oxygen atoms in total. The van der Waals surface area contributed by atoms with Crippen molar-refractivity contribution < 1.29 is 0 Å². The maximum Gasteiger partial charge on any atom is 0.0925 e. The van der Waals surface area contributed by atoms with Gasteiger partial charge in [0.25, 0.3) is 0 Å². The van der Waals surface area contributed by atoms with Crippen LogP contribution in [0.25, 0.3) is 0 Å². The predicted octanol–water partition coefficient (Wildman–Crippen LogP) is 3.02. The maximum absolute atomic E-state index is 4.33. The largest absolute Gasteiger partial charge is 0.379 e.